The third-order valence-corrected chi connectivity index (χ3v) is 4.73. The van der Waals surface area contributed by atoms with Crippen LogP contribution >= 0.6 is 0 Å². The summed E-state index contributed by atoms with van der Waals surface area (Å²) in [5.74, 6) is -0.353. The van der Waals surface area contributed by atoms with Gasteiger partial charge in [0.25, 0.3) is 11.6 Å². The van der Waals surface area contributed by atoms with E-state index < -0.39 is 20.9 Å². The van der Waals surface area contributed by atoms with E-state index in [-0.39, 0.29) is 30.4 Å². The second kappa shape index (κ2) is 11.0. The Morgan fingerprint density at radius 2 is 2.11 bits per heavy atom. The number of rotatable bonds is 10. The van der Waals surface area contributed by atoms with Gasteiger partial charge in [0.1, 0.15) is 5.84 Å². The van der Waals surface area contributed by atoms with E-state index in [9.17, 15) is 23.3 Å². The van der Waals surface area contributed by atoms with Crippen LogP contribution in [-0.2, 0) is 10.0 Å². The highest BCUT2D eigenvalue weighted by Crippen LogP contribution is 2.18. The van der Waals surface area contributed by atoms with Crippen molar-refractivity contribution in [2.24, 2.45) is 4.99 Å². The largest absolute Gasteiger partial charge is 0.350 e. The van der Waals surface area contributed by atoms with Crippen molar-refractivity contribution >= 4 is 27.5 Å². The van der Waals surface area contributed by atoms with Crippen molar-refractivity contribution in [3.05, 3.63) is 64.2 Å². The fourth-order valence-electron chi connectivity index (χ4n) is 2.21. The Morgan fingerprint density at radius 3 is 2.68 bits per heavy atom. The normalized spacial score (nSPS) is 12.0. The second-order valence-corrected chi connectivity index (χ2v) is 7.55. The van der Waals surface area contributed by atoms with Crippen LogP contribution in [0.2, 0.25) is 0 Å². The summed E-state index contributed by atoms with van der Waals surface area (Å²) in [5, 5.41) is 13.5. The smallest absolute Gasteiger partial charge is 0.272 e. The summed E-state index contributed by atoms with van der Waals surface area (Å²) in [4.78, 5) is 26.6. The molecule has 0 spiro atoms. The maximum Gasteiger partial charge on any atom is 0.272 e. The molecule has 0 aliphatic rings. The molecule has 0 bridgehead atoms. The van der Waals surface area contributed by atoms with Crippen LogP contribution in [0.15, 0.2) is 48.0 Å². The first-order chi connectivity index (χ1) is 13.2. The Morgan fingerprint density at radius 1 is 1.39 bits per heavy atom. The number of nitrogens with zero attached hydrogens (tertiary/aromatic N) is 2. The van der Waals surface area contributed by atoms with Gasteiger partial charge in [0.05, 0.1) is 17.2 Å². The molecule has 0 aromatic heterocycles. The van der Waals surface area contributed by atoms with Crippen LogP contribution in [0.3, 0.4) is 0 Å². The standard InChI is InChI=1S/C18H24N4O5S/c1-4-6-7-17(21-28(26,27)12-5-2)19-10-11-20-18(23)15-8-9-16(22(24)25)14(3)13-15/h4-6,8-9,13H,2,7,10-12H2,1,3H3,(H,19,21)(H,20,23)/b6-4-. The maximum atomic E-state index is 12.1. The van der Waals surface area contributed by atoms with Crippen LogP contribution in [0.25, 0.3) is 0 Å². The van der Waals surface area contributed by atoms with Gasteiger partial charge >= 0.3 is 0 Å². The molecule has 0 aliphatic heterocycles. The van der Waals surface area contributed by atoms with Gasteiger partial charge in [-0.2, -0.15) is 0 Å². The van der Waals surface area contributed by atoms with Crippen molar-refractivity contribution in [2.45, 2.75) is 20.3 Å². The molecule has 10 heteroatoms. The van der Waals surface area contributed by atoms with Gasteiger partial charge in [-0.3, -0.25) is 24.6 Å². The molecule has 0 aliphatic carbocycles. The van der Waals surface area contributed by atoms with E-state index in [1.807, 2.05) is 6.92 Å². The number of allylic oxidation sites excluding steroid dienone is 1. The number of amides is 1. The molecule has 1 amide bonds. The number of amidine groups is 1. The monoisotopic (exact) mass is 408 g/mol. The molecule has 0 atom stereocenters. The molecule has 9 nitrogen and oxygen atoms in total. The van der Waals surface area contributed by atoms with Gasteiger partial charge < -0.3 is 5.32 Å². The highest BCUT2D eigenvalue weighted by atomic mass is 32.2. The molecule has 1 aromatic rings. The maximum absolute atomic E-state index is 12.1. The fraction of sp³-hybridized carbons (Fsp3) is 0.333. The van der Waals surface area contributed by atoms with Crippen molar-refractivity contribution in [3.8, 4) is 0 Å². The van der Waals surface area contributed by atoms with Crippen molar-refractivity contribution in [3.63, 3.8) is 0 Å². The number of benzene rings is 1. The van der Waals surface area contributed by atoms with Crippen LogP contribution < -0.4 is 10.0 Å². The molecule has 28 heavy (non-hydrogen) atoms. The average Bonchev–Trinajstić information content (AvgIpc) is 2.62. The minimum atomic E-state index is -3.55. The minimum absolute atomic E-state index is 0.0541. The molecule has 0 radical (unpaired) electrons. The van der Waals surface area contributed by atoms with Crippen molar-refractivity contribution < 1.29 is 18.1 Å². The number of hydrogen-bond donors (Lipinski definition) is 2. The number of nitro benzene ring substituents is 1. The summed E-state index contributed by atoms with van der Waals surface area (Å²) in [5.41, 5.74) is 0.635. The quantitative estimate of drug-likeness (QED) is 0.153. The second-order valence-electron chi connectivity index (χ2n) is 5.79. The SMILES string of the molecule is C=CCS(=O)(=O)NC(C/C=C\C)=NCCNC(=O)c1ccc([N+](=O)[O-])c(C)c1. The highest BCUT2D eigenvalue weighted by Gasteiger charge is 2.14. The molecule has 2 N–H and O–H groups in total. The average molecular weight is 408 g/mol. The Labute approximate surface area is 164 Å². The van der Waals surface area contributed by atoms with Crippen LogP contribution in [0, 0.1) is 17.0 Å². The molecule has 0 saturated heterocycles. The van der Waals surface area contributed by atoms with E-state index in [0.717, 1.165) is 0 Å². The first-order valence-corrected chi connectivity index (χ1v) is 10.1. The van der Waals surface area contributed by atoms with Gasteiger partial charge in [0, 0.05) is 30.2 Å². The van der Waals surface area contributed by atoms with E-state index in [1.165, 1.54) is 24.3 Å². The molecule has 0 heterocycles. The van der Waals surface area contributed by atoms with E-state index >= 15 is 0 Å². The van der Waals surface area contributed by atoms with Gasteiger partial charge in [-0.15, -0.1) is 6.58 Å². The number of aliphatic imine (C=N–C) groups is 1. The number of aryl methyl sites for hydroxylation is 1. The number of nitro groups is 1. The van der Waals surface area contributed by atoms with Gasteiger partial charge in [-0.05, 0) is 26.0 Å². The number of carbonyl (C=O) groups excluding carboxylic acids is 1. The summed E-state index contributed by atoms with van der Waals surface area (Å²) in [6.45, 7) is 7.11. The van der Waals surface area contributed by atoms with Crippen LogP contribution in [0.4, 0.5) is 5.69 Å². The number of sulfonamides is 1. The Balaban J connectivity index is 2.70. The lowest BCUT2D eigenvalue weighted by molar-refractivity contribution is -0.385. The molecule has 1 rings (SSSR count). The van der Waals surface area contributed by atoms with Gasteiger partial charge in [-0.25, -0.2) is 8.42 Å². The summed E-state index contributed by atoms with van der Waals surface area (Å²) in [6.07, 6.45) is 5.12. The van der Waals surface area contributed by atoms with Crippen molar-refractivity contribution in [2.75, 3.05) is 18.8 Å². The van der Waals surface area contributed by atoms with Crippen LogP contribution in [0.1, 0.15) is 29.3 Å². The first-order valence-electron chi connectivity index (χ1n) is 8.49. The minimum Gasteiger partial charge on any atom is -0.350 e. The van der Waals surface area contributed by atoms with E-state index in [0.29, 0.717) is 17.5 Å². The molecular formula is C18H24N4O5S. The molecule has 0 saturated carbocycles. The van der Waals surface area contributed by atoms with Gasteiger partial charge in [-0.1, -0.05) is 18.2 Å². The molecule has 152 valence electrons. The van der Waals surface area contributed by atoms with E-state index in [2.05, 4.69) is 21.6 Å². The van der Waals surface area contributed by atoms with Crippen molar-refractivity contribution in [1.29, 1.82) is 0 Å². The molecular weight excluding hydrogens is 384 g/mol. The lowest BCUT2D eigenvalue weighted by Crippen LogP contribution is -2.33. The lowest BCUT2D eigenvalue weighted by Gasteiger charge is -2.09. The predicted octanol–water partition coefficient (Wildman–Crippen LogP) is 2.10. The third kappa shape index (κ3) is 7.70. The lowest BCUT2D eigenvalue weighted by atomic mass is 10.1. The Kier molecular flexibility index (Phi) is 9.03. The van der Waals surface area contributed by atoms with Crippen LogP contribution in [-0.4, -0.2) is 43.9 Å². The van der Waals surface area contributed by atoms with E-state index in [1.54, 1.807) is 19.1 Å². The summed E-state index contributed by atoms with van der Waals surface area (Å²) < 4.78 is 26.1. The fourth-order valence-corrected chi connectivity index (χ4v) is 3.11. The topological polar surface area (TPSA) is 131 Å². The predicted molar refractivity (Wildman–Crippen MR) is 109 cm³/mol. The van der Waals surface area contributed by atoms with Gasteiger partial charge in [0.2, 0.25) is 10.0 Å². The zero-order valence-corrected chi connectivity index (χ0v) is 16.7. The summed E-state index contributed by atoms with van der Waals surface area (Å²) >= 11 is 0. The number of carbonyl (C=O) groups is 1. The van der Waals surface area contributed by atoms with Crippen LogP contribution in [0.5, 0.6) is 0 Å². The number of hydrogen-bond acceptors (Lipinski definition) is 6. The summed E-state index contributed by atoms with van der Waals surface area (Å²) in [7, 11) is -3.55. The summed E-state index contributed by atoms with van der Waals surface area (Å²) in [6, 6.07) is 4.11. The van der Waals surface area contributed by atoms with E-state index in [4.69, 9.17) is 0 Å². The first kappa shape index (κ1) is 23.0. The molecule has 0 unspecified atom stereocenters. The third-order valence-electron chi connectivity index (χ3n) is 3.51. The number of nitrogens with one attached hydrogen (secondary N) is 2. The zero-order valence-electron chi connectivity index (χ0n) is 15.8. The zero-order chi connectivity index (χ0) is 21.2. The van der Waals surface area contributed by atoms with Crippen molar-refractivity contribution in [1.82, 2.24) is 10.0 Å². The highest BCUT2D eigenvalue weighted by molar-refractivity contribution is 7.90. The molecule has 1 aromatic carbocycles. The molecule has 0 fully saturated rings. The Bertz CT molecular complexity index is 891. The van der Waals surface area contributed by atoms with Gasteiger partial charge in [0.15, 0.2) is 0 Å². The Hall–Kier alpha value is -3.01.